The molecular weight excluding hydrogens is 365 g/mol. The van der Waals surface area contributed by atoms with E-state index in [1.54, 1.807) is 43.5 Å². The van der Waals surface area contributed by atoms with Gasteiger partial charge in [-0.2, -0.15) is 0 Å². The van der Waals surface area contributed by atoms with E-state index in [0.29, 0.717) is 11.5 Å². The summed E-state index contributed by atoms with van der Waals surface area (Å²) >= 11 is 0. The van der Waals surface area contributed by atoms with Crippen LogP contribution in [0.2, 0.25) is 0 Å². The standard InChI is InChI=1S/C18H17NO5.K.H2O.H/c1-23-15-9-7-12(11-16(15)24-2)8-10-17(20)19-14-6-4-3-5-13(14)18(21)22;;;/h3-11H,1-2H3,(H,19,20)(H,21,22);;1H2;/q;+1;;-1/b10-8+;;;. The number of carboxylic acids is 1. The molecule has 0 aliphatic carbocycles. The molecule has 0 saturated carbocycles. The van der Waals surface area contributed by atoms with Gasteiger partial charge in [0, 0.05) is 6.08 Å². The Labute approximate surface area is 195 Å². The summed E-state index contributed by atoms with van der Waals surface area (Å²) in [6.45, 7) is 0. The number of hydrogen-bond donors (Lipinski definition) is 2. The van der Waals surface area contributed by atoms with Crippen molar-refractivity contribution < 1.29 is 82.5 Å². The molecule has 134 valence electrons. The Hall–Kier alpha value is -1.68. The van der Waals surface area contributed by atoms with Crippen molar-refractivity contribution in [3.8, 4) is 11.5 Å². The Morgan fingerprint density at radius 3 is 2.35 bits per heavy atom. The summed E-state index contributed by atoms with van der Waals surface area (Å²) in [7, 11) is 3.07. The summed E-state index contributed by atoms with van der Waals surface area (Å²) < 4.78 is 10.3. The fourth-order valence-corrected chi connectivity index (χ4v) is 2.08. The zero-order valence-electron chi connectivity index (χ0n) is 15.8. The first kappa shape index (κ1) is 24.3. The quantitative estimate of drug-likeness (QED) is 0.506. The van der Waals surface area contributed by atoms with Gasteiger partial charge >= 0.3 is 57.4 Å². The summed E-state index contributed by atoms with van der Waals surface area (Å²) in [5.74, 6) is -0.390. The van der Waals surface area contributed by atoms with E-state index in [9.17, 15) is 9.59 Å². The molecular formula is C18H20KNO6. The molecule has 2 aromatic carbocycles. The Bertz CT molecular complexity index is 797. The average Bonchev–Trinajstić information content (AvgIpc) is 2.59. The van der Waals surface area contributed by atoms with Gasteiger partial charge in [-0.1, -0.05) is 18.2 Å². The smallest absolute Gasteiger partial charge is 1.00 e. The summed E-state index contributed by atoms with van der Waals surface area (Å²) in [5, 5.41) is 11.6. The molecule has 2 rings (SSSR count). The molecule has 0 atom stereocenters. The topological polar surface area (TPSA) is 116 Å². The van der Waals surface area contributed by atoms with E-state index in [1.165, 1.54) is 25.3 Å². The maximum atomic E-state index is 12.0. The number of benzene rings is 2. The molecule has 0 heterocycles. The van der Waals surface area contributed by atoms with E-state index in [-0.39, 0.29) is 69.5 Å². The minimum absolute atomic E-state index is 0. The van der Waals surface area contributed by atoms with Gasteiger partial charge in [0.15, 0.2) is 11.5 Å². The van der Waals surface area contributed by atoms with Crippen molar-refractivity contribution in [1.82, 2.24) is 0 Å². The minimum atomic E-state index is -1.10. The summed E-state index contributed by atoms with van der Waals surface area (Å²) in [6, 6.07) is 11.4. The Balaban J connectivity index is 0. The molecule has 0 aliphatic rings. The van der Waals surface area contributed by atoms with Gasteiger partial charge in [-0.15, -0.1) is 0 Å². The van der Waals surface area contributed by atoms with Crippen LogP contribution in [-0.4, -0.2) is 36.7 Å². The SMILES string of the molecule is COc1ccc(/C=C/C(=O)Nc2ccccc2C(=O)O)cc1OC.O.[H-].[K+]. The summed E-state index contributed by atoms with van der Waals surface area (Å²) in [5.41, 5.74) is 1.02. The van der Waals surface area contributed by atoms with Crippen LogP contribution in [0.4, 0.5) is 5.69 Å². The van der Waals surface area contributed by atoms with Gasteiger partial charge in [0.2, 0.25) is 5.91 Å². The first-order chi connectivity index (χ1) is 11.5. The van der Waals surface area contributed by atoms with Gasteiger partial charge in [-0.05, 0) is 35.9 Å². The van der Waals surface area contributed by atoms with Crippen molar-refractivity contribution in [2.24, 2.45) is 0 Å². The van der Waals surface area contributed by atoms with Crippen LogP contribution in [0.15, 0.2) is 48.5 Å². The zero-order valence-corrected chi connectivity index (χ0v) is 17.9. The minimum Gasteiger partial charge on any atom is -1.00 e. The van der Waals surface area contributed by atoms with Crippen LogP contribution in [-0.2, 0) is 4.79 Å². The van der Waals surface area contributed by atoms with E-state index in [2.05, 4.69) is 5.32 Å². The number of hydrogen-bond acceptors (Lipinski definition) is 4. The number of carbonyl (C=O) groups is 2. The number of carbonyl (C=O) groups excluding carboxylic acids is 1. The van der Waals surface area contributed by atoms with Crippen LogP contribution < -0.4 is 66.2 Å². The third-order valence-corrected chi connectivity index (χ3v) is 3.25. The third kappa shape index (κ3) is 6.56. The number of amides is 1. The normalized spacial score (nSPS) is 9.62. The van der Waals surface area contributed by atoms with Crippen LogP contribution in [0.25, 0.3) is 6.08 Å². The Kier molecular flexibility index (Phi) is 11.1. The molecule has 0 radical (unpaired) electrons. The molecule has 0 aromatic heterocycles. The fraction of sp³-hybridized carbons (Fsp3) is 0.111. The Morgan fingerprint density at radius 1 is 1.08 bits per heavy atom. The predicted molar refractivity (Wildman–Crippen MR) is 95.3 cm³/mol. The second-order valence-electron chi connectivity index (χ2n) is 4.79. The number of nitrogens with one attached hydrogen (secondary N) is 1. The van der Waals surface area contributed by atoms with Gasteiger partial charge in [0.05, 0.1) is 25.5 Å². The molecule has 1 amide bonds. The predicted octanol–water partition coefficient (Wildman–Crippen LogP) is -0.654. The molecule has 0 spiro atoms. The second-order valence-corrected chi connectivity index (χ2v) is 4.79. The summed E-state index contributed by atoms with van der Waals surface area (Å²) in [4.78, 5) is 23.1. The van der Waals surface area contributed by atoms with Gasteiger partial charge in [-0.3, -0.25) is 4.79 Å². The summed E-state index contributed by atoms with van der Waals surface area (Å²) in [6.07, 6.45) is 2.92. The van der Waals surface area contributed by atoms with Crippen LogP contribution in [0.5, 0.6) is 11.5 Å². The molecule has 4 N–H and O–H groups in total. The Morgan fingerprint density at radius 2 is 1.73 bits per heavy atom. The van der Waals surface area contributed by atoms with Crippen LogP contribution in [0, 0.1) is 0 Å². The van der Waals surface area contributed by atoms with Crippen molar-refractivity contribution in [3.05, 3.63) is 59.7 Å². The van der Waals surface area contributed by atoms with E-state index >= 15 is 0 Å². The average molecular weight is 385 g/mol. The first-order valence-corrected chi connectivity index (χ1v) is 7.08. The number of ether oxygens (including phenoxy) is 2. The molecule has 0 unspecified atom stereocenters. The largest absolute Gasteiger partial charge is 1.00 e. The molecule has 0 bridgehead atoms. The maximum absolute atomic E-state index is 12.0. The van der Waals surface area contributed by atoms with Crippen molar-refractivity contribution in [1.29, 1.82) is 0 Å². The number of para-hydroxylation sites is 1. The van der Waals surface area contributed by atoms with Gasteiger partial charge in [0.1, 0.15) is 0 Å². The van der Waals surface area contributed by atoms with E-state index in [1.807, 2.05) is 0 Å². The number of carboxylic acid groups (broad SMARTS) is 1. The van der Waals surface area contributed by atoms with Crippen molar-refractivity contribution in [3.63, 3.8) is 0 Å². The van der Waals surface area contributed by atoms with Crippen molar-refractivity contribution in [2.45, 2.75) is 0 Å². The van der Waals surface area contributed by atoms with E-state index < -0.39 is 11.9 Å². The van der Waals surface area contributed by atoms with Crippen LogP contribution in [0.1, 0.15) is 17.3 Å². The van der Waals surface area contributed by atoms with E-state index in [4.69, 9.17) is 14.6 Å². The third-order valence-electron chi connectivity index (χ3n) is 3.25. The fourth-order valence-electron chi connectivity index (χ4n) is 2.08. The second kappa shape index (κ2) is 11.8. The maximum Gasteiger partial charge on any atom is 1.00 e. The number of aromatic carboxylic acids is 1. The molecule has 0 fully saturated rings. The van der Waals surface area contributed by atoms with Crippen molar-refractivity contribution in [2.75, 3.05) is 19.5 Å². The molecule has 8 heteroatoms. The first-order valence-electron chi connectivity index (χ1n) is 7.08. The molecule has 26 heavy (non-hydrogen) atoms. The molecule has 7 nitrogen and oxygen atoms in total. The number of rotatable bonds is 6. The zero-order chi connectivity index (χ0) is 17.5. The van der Waals surface area contributed by atoms with E-state index in [0.717, 1.165) is 5.56 Å². The van der Waals surface area contributed by atoms with Crippen LogP contribution in [0.3, 0.4) is 0 Å². The molecule has 0 aliphatic heterocycles. The van der Waals surface area contributed by atoms with Gasteiger partial charge in [0.25, 0.3) is 0 Å². The molecule has 0 saturated heterocycles. The number of methoxy groups -OCH3 is 2. The molecule has 2 aromatic rings. The number of anilines is 1. The monoisotopic (exact) mass is 385 g/mol. The van der Waals surface area contributed by atoms with Crippen LogP contribution >= 0.6 is 0 Å². The van der Waals surface area contributed by atoms with Gasteiger partial charge < -0.3 is 26.8 Å². The van der Waals surface area contributed by atoms with Crippen molar-refractivity contribution >= 4 is 23.6 Å². The van der Waals surface area contributed by atoms with Gasteiger partial charge in [-0.25, -0.2) is 4.79 Å².